The SMILES string of the molecule is O=C(CN1CCNC[C@@H]1C(F)(F)F)OC(=O)C(F)(F)F. The Morgan fingerprint density at radius 2 is 1.80 bits per heavy atom. The molecule has 0 spiro atoms. The summed E-state index contributed by atoms with van der Waals surface area (Å²) >= 11 is 0. The van der Waals surface area contributed by atoms with E-state index in [1.807, 2.05) is 0 Å². The molecule has 1 aliphatic rings. The van der Waals surface area contributed by atoms with E-state index in [-0.39, 0.29) is 13.1 Å². The van der Waals surface area contributed by atoms with E-state index in [2.05, 4.69) is 10.1 Å². The van der Waals surface area contributed by atoms with Gasteiger partial charge in [-0.25, -0.2) is 4.79 Å². The summed E-state index contributed by atoms with van der Waals surface area (Å²) in [6.07, 6.45) is -10.0. The van der Waals surface area contributed by atoms with Crippen LogP contribution in [0.5, 0.6) is 0 Å². The van der Waals surface area contributed by atoms with Crippen LogP contribution in [0, 0.1) is 0 Å². The maximum Gasteiger partial charge on any atom is 0.491 e. The van der Waals surface area contributed by atoms with Crippen molar-refractivity contribution in [1.82, 2.24) is 10.2 Å². The molecule has 1 rings (SSSR count). The van der Waals surface area contributed by atoms with Gasteiger partial charge in [0.1, 0.15) is 6.04 Å². The smallest absolute Gasteiger partial charge is 0.385 e. The molecule has 1 fully saturated rings. The van der Waals surface area contributed by atoms with Crippen molar-refractivity contribution in [2.24, 2.45) is 0 Å². The summed E-state index contributed by atoms with van der Waals surface area (Å²) in [5, 5.41) is 2.45. The maximum absolute atomic E-state index is 12.6. The first-order chi connectivity index (χ1) is 9.01. The van der Waals surface area contributed by atoms with Crippen LogP contribution in [0.3, 0.4) is 0 Å². The van der Waals surface area contributed by atoms with Gasteiger partial charge in [0, 0.05) is 19.6 Å². The van der Waals surface area contributed by atoms with Gasteiger partial charge in [-0.15, -0.1) is 0 Å². The molecule has 1 N–H and O–H groups in total. The Balaban J connectivity index is 2.61. The van der Waals surface area contributed by atoms with Crippen LogP contribution in [0.15, 0.2) is 0 Å². The normalized spacial score (nSPS) is 21.6. The molecule has 0 bridgehead atoms. The quantitative estimate of drug-likeness (QED) is 0.456. The fraction of sp³-hybridized carbons (Fsp3) is 0.778. The van der Waals surface area contributed by atoms with Gasteiger partial charge in [0.15, 0.2) is 0 Å². The van der Waals surface area contributed by atoms with E-state index in [9.17, 15) is 35.9 Å². The molecule has 0 saturated carbocycles. The number of carbonyl (C=O) groups is 2. The summed E-state index contributed by atoms with van der Waals surface area (Å²) in [6, 6.07) is -2.02. The average molecular weight is 308 g/mol. The summed E-state index contributed by atoms with van der Waals surface area (Å²) in [5.74, 6) is -4.43. The van der Waals surface area contributed by atoms with E-state index < -0.39 is 43.4 Å². The second kappa shape index (κ2) is 5.95. The topological polar surface area (TPSA) is 58.6 Å². The van der Waals surface area contributed by atoms with Crippen LogP contribution in [0.1, 0.15) is 0 Å². The zero-order chi connectivity index (χ0) is 15.6. The maximum atomic E-state index is 12.6. The molecule has 11 heteroatoms. The van der Waals surface area contributed by atoms with Gasteiger partial charge < -0.3 is 10.1 Å². The molecule has 0 aromatic heterocycles. The van der Waals surface area contributed by atoms with Crippen molar-refractivity contribution in [3.8, 4) is 0 Å². The lowest BCUT2D eigenvalue weighted by Crippen LogP contribution is -2.59. The molecule has 1 atom stereocenters. The molecule has 0 radical (unpaired) electrons. The largest absolute Gasteiger partial charge is 0.491 e. The van der Waals surface area contributed by atoms with Crippen molar-refractivity contribution in [1.29, 1.82) is 0 Å². The number of alkyl halides is 6. The fourth-order valence-electron chi connectivity index (χ4n) is 1.62. The number of halogens is 6. The molecule has 1 heterocycles. The summed E-state index contributed by atoms with van der Waals surface area (Å²) in [7, 11) is 0. The number of piperazine rings is 1. The highest BCUT2D eigenvalue weighted by Gasteiger charge is 2.46. The first kappa shape index (κ1) is 16.7. The van der Waals surface area contributed by atoms with Gasteiger partial charge in [0.05, 0.1) is 6.54 Å². The highest BCUT2D eigenvalue weighted by Crippen LogP contribution is 2.25. The number of rotatable bonds is 2. The van der Waals surface area contributed by atoms with E-state index in [4.69, 9.17) is 0 Å². The first-order valence-corrected chi connectivity index (χ1v) is 5.35. The lowest BCUT2D eigenvalue weighted by atomic mass is 10.2. The molecule has 0 aromatic carbocycles. The molecule has 0 amide bonds. The van der Waals surface area contributed by atoms with Crippen LogP contribution < -0.4 is 5.32 Å². The number of carbonyl (C=O) groups excluding carboxylic acids is 2. The van der Waals surface area contributed by atoms with Crippen molar-refractivity contribution in [2.45, 2.75) is 18.4 Å². The zero-order valence-corrected chi connectivity index (χ0v) is 9.85. The van der Waals surface area contributed by atoms with E-state index in [1.54, 1.807) is 0 Å². The summed E-state index contributed by atoms with van der Waals surface area (Å²) in [6.45, 7) is -1.62. The third kappa shape index (κ3) is 4.63. The average Bonchev–Trinajstić information content (AvgIpc) is 2.26. The number of hydrogen-bond acceptors (Lipinski definition) is 5. The highest BCUT2D eigenvalue weighted by atomic mass is 19.4. The first-order valence-electron chi connectivity index (χ1n) is 5.35. The lowest BCUT2D eigenvalue weighted by Gasteiger charge is -2.36. The second-order valence-electron chi connectivity index (χ2n) is 3.99. The van der Waals surface area contributed by atoms with Gasteiger partial charge >= 0.3 is 24.3 Å². The zero-order valence-electron chi connectivity index (χ0n) is 9.85. The molecule has 5 nitrogen and oxygen atoms in total. The molecule has 1 saturated heterocycles. The Hall–Kier alpha value is -1.36. The Labute approximate surface area is 108 Å². The minimum atomic E-state index is -5.37. The van der Waals surface area contributed by atoms with Crippen LogP contribution in [0.4, 0.5) is 26.3 Å². The Morgan fingerprint density at radius 1 is 1.20 bits per heavy atom. The van der Waals surface area contributed by atoms with Gasteiger partial charge in [-0.05, 0) is 0 Å². The molecule has 0 aromatic rings. The minimum absolute atomic E-state index is 0.132. The number of esters is 2. The Bertz CT molecular complexity index is 381. The molecule has 0 aliphatic carbocycles. The number of nitrogens with zero attached hydrogens (tertiary/aromatic N) is 1. The Kier molecular flexibility index (Phi) is 4.97. The number of ether oxygens (including phenoxy) is 1. The van der Waals surface area contributed by atoms with Gasteiger partial charge in [-0.3, -0.25) is 9.69 Å². The van der Waals surface area contributed by atoms with Gasteiger partial charge in [0.2, 0.25) is 0 Å². The minimum Gasteiger partial charge on any atom is -0.385 e. The highest BCUT2D eigenvalue weighted by molar-refractivity contribution is 5.89. The molecular weight excluding hydrogens is 298 g/mol. The van der Waals surface area contributed by atoms with E-state index >= 15 is 0 Å². The summed E-state index contributed by atoms with van der Waals surface area (Å²) in [5.41, 5.74) is 0. The molecule has 20 heavy (non-hydrogen) atoms. The van der Waals surface area contributed by atoms with E-state index in [0.717, 1.165) is 0 Å². The van der Waals surface area contributed by atoms with Crippen molar-refractivity contribution < 1.29 is 40.7 Å². The third-order valence-electron chi connectivity index (χ3n) is 2.50. The van der Waals surface area contributed by atoms with E-state index in [1.165, 1.54) is 0 Å². The standard InChI is InChI=1S/C9H10F6N2O3/c10-8(11,12)5-3-16-1-2-17(5)4-6(18)20-7(19)9(13,14)15/h5,16H,1-4H2/t5-/m1/s1. The van der Waals surface area contributed by atoms with Crippen LogP contribution in [-0.2, 0) is 14.3 Å². The second-order valence-corrected chi connectivity index (χ2v) is 3.99. The van der Waals surface area contributed by atoms with Gasteiger partial charge in [-0.2, -0.15) is 26.3 Å². The molecule has 0 unspecified atom stereocenters. The van der Waals surface area contributed by atoms with Crippen LogP contribution in [0.2, 0.25) is 0 Å². The lowest BCUT2D eigenvalue weighted by molar-refractivity contribution is -0.205. The van der Waals surface area contributed by atoms with Crippen LogP contribution in [0.25, 0.3) is 0 Å². The van der Waals surface area contributed by atoms with Crippen molar-refractivity contribution >= 4 is 11.9 Å². The van der Waals surface area contributed by atoms with Crippen molar-refractivity contribution in [2.75, 3.05) is 26.2 Å². The number of hydrogen-bond donors (Lipinski definition) is 1. The van der Waals surface area contributed by atoms with Crippen LogP contribution >= 0.6 is 0 Å². The third-order valence-corrected chi connectivity index (χ3v) is 2.50. The van der Waals surface area contributed by atoms with Crippen LogP contribution in [-0.4, -0.2) is 61.4 Å². The predicted octanol–water partition coefficient (Wildman–Crippen LogP) is 0.455. The van der Waals surface area contributed by atoms with Gasteiger partial charge in [0.25, 0.3) is 0 Å². The van der Waals surface area contributed by atoms with Crippen molar-refractivity contribution in [3.05, 3.63) is 0 Å². The number of nitrogens with one attached hydrogen (secondary N) is 1. The van der Waals surface area contributed by atoms with E-state index in [0.29, 0.717) is 4.90 Å². The molecule has 1 aliphatic heterocycles. The Morgan fingerprint density at radius 3 is 2.30 bits per heavy atom. The molecule has 116 valence electrons. The summed E-state index contributed by atoms with van der Waals surface area (Å²) in [4.78, 5) is 22.1. The molecular formula is C9H10F6N2O3. The predicted molar refractivity (Wildman–Crippen MR) is 51.4 cm³/mol. The summed E-state index contributed by atoms with van der Waals surface area (Å²) < 4.78 is 76.8. The van der Waals surface area contributed by atoms with Gasteiger partial charge in [-0.1, -0.05) is 0 Å². The monoisotopic (exact) mass is 308 g/mol. The fourth-order valence-corrected chi connectivity index (χ4v) is 1.62. The van der Waals surface area contributed by atoms with Crippen molar-refractivity contribution in [3.63, 3.8) is 0 Å².